The highest BCUT2D eigenvalue weighted by Crippen LogP contribution is 2.32. The molecule has 0 radical (unpaired) electrons. The lowest BCUT2D eigenvalue weighted by Gasteiger charge is -2.01. The van der Waals surface area contributed by atoms with E-state index in [9.17, 15) is 0 Å². The molecule has 0 aliphatic heterocycles. The molecule has 6 nitrogen and oxygen atoms in total. The van der Waals surface area contributed by atoms with Crippen molar-refractivity contribution in [3.8, 4) is 0 Å². The Balaban J connectivity index is 2.59. The number of nitrogens with two attached hydrogens (primary N) is 1. The van der Waals surface area contributed by atoms with Gasteiger partial charge in [-0.1, -0.05) is 11.3 Å². The summed E-state index contributed by atoms with van der Waals surface area (Å²) in [5, 5.41) is 3.55. The summed E-state index contributed by atoms with van der Waals surface area (Å²) in [6.07, 6.45) is 1.77. The van der Waals surface area contributed by atoms with Crippen LogP contribution in [0.4, 0.5) is 10.9 Å². The second-order valence-electron chi connectivity index (χ2n) is 3.47. The van der Waals surface area contributed by atoms with Gasteiger partial charge in [0, 0.05) is 14.1 Å². The molecule has 82 valence electrons. The van der Waals surface area contributed by atoms with Crippen LogP contribution in [0.3, 0.4) is 0 Å². The van der Waals surface area contributed by atoms with Crippen molar-refractivity contribution in [3.05, 3.63) is 6.33 Å². The molecule has 7 heteroatoms. The third-order valence-corrected chi connectivity index (χ3v) is 3.34. The number of hydrogen-bond donors (Lipinski definition) is 2. The molecular formula is C9H10N6S. The van der Waals surface area contributed by atoms with Gasteiger partial charge < -0.3 is 15.6 Å². The molecule has 0 aromatic carbocycles. The van der Waals surface area contributed by atoms with Crippen molar-refractivity contribution in [2.45, 2.75) is 0 Å². The smallest absolute Gasteiger partial charge is 0.182 e. The molecule has 3 aromatic heterocycles. The van der Waals surface area contributed by atoms with Crippen molar-refractivity contribution < 1.29 is 0 Å². The maximum atomic E-state index is 5.71. The minimum atomic E-state index is 0.526. The highest BCUT2D eigenvalue weighted by molar-refractivity contribution is 7.22. The Labute approximate surface area is 95.1 Å². The normalized spacial score (nSPS) is 11.4. The van der Waals surface area contributed by atoms with Crippen LogP contribution in [-0.4, -0.2) is 26.6 Å². The average molecular weight is 234 g/mol. The first kappa shape index (κ1) is 9.34. The SMILES string of the molecule is CNc1nc2nc(N)sc2c2c1ncn2C. The zero-order chi connectivity index (χ0) is 11.3. The molecule has 0 saturated heterocycles. The van der Waals surface area contributed by atoms with Crippen LogP contribution in [0, 0.1) is 0 Å². The van der Waals surface area contributed by atoms with Gasteiger partial charge in [0.05, 0.1) is 11.8 Å². The molecule has 3 rings (SSSR count). The molecule has 3 N–H and O–H groups in total. The zero-order valence-corrected chi connectivity index (χ0v) is 9.67. The number of rotatable bonds is 1. The van der Waals surface area contributed by atoms with Crippen LogP contribution in [-0.2, 0) is 7.05 Å². The highest BCUT2D eigenvalue weighted by atomic mass is 32.1. The molecule has 0 spiro atoms. The maximum Gasteiger partial charge on any atom is 0.182 e. The Hall–Kier alpha value is -1.89. The van der Waals surface area contributed by atoms with Gasteiger partial charge in [0.15, 0.2) is 16.6 Å². The van der Waals surface area contributed by atoms with Crippen LogP contribution in [0.25, 0.3) is 21.4 Å². The van der Waals surface area contributed by atoms with E-state index in [2.05, 4.69) is 20.3 Å². The minimum Gasteiger partial charge on any atom is -0.375 e. The van der Waals surface area contributed by atoms with Gasteiger partial charge in [-0.25, -0.2) is 15.0 Å². The lowest BCUT2D eigenvalue weighted by Crippen LogP contribution is -1.95. The summed E-state index contributed by atoms with van der Waals surface area (Å²) in [6, 6.07) is 0. The van der Waals surface area contributed by atoms with E-state index in [0.717, 1.165) is 21.6 Å². The Kier molecular flexibility index (Phi) is 1.78. The topological polar surface area (TPSA) is 81.7 Å². The summed E-state index contributed by atoms with van der Waals surface area (Å²) in [5.41, 5.74) is 8.24. The number of nitrogens with one attached hydrogen (secondary N) is 1. The highest BCUT2D eigenvalue weighted by Gasteiger charge is 2.14. The van der Waals surface area contributed by atoms with Crippen molar-refractivity contribution in [2.75, 3.05) is 18.1 Å². The number of aryl methyl sites for hydroxylation is 1. The van der Waals surface area contributed by atoms with Crippen LogP contribution < -0.4 is 11.1 Å². The number of thiazole rings is 1. The molecule has 0 atom stereocenters. The second kappa shape index (κ2) is 3.05. The number of aromatic nitrogens is 4. The maximum absolute atomic E-state index is 5.71. The number of hydrogen-bond acceptors (Lipinski definition) is 6. The summed E-state index contributed by atoms with van der Waals surface area (Å²) in [7, 11) is 3.77. The standard InChI is InChI=1S/C9H10N6S/c1-11-7-4-5(15(2)3-12-4)6-8(13-7)14-9(10)16-6/h3H,1-2H3,(H3,10,11,13,14). The van der Waals surface area contributed by atoms with Crippen molar-refractivity contribution in [1.82, 2.24) is 19.5 Å². The largest absolute Gasteiger partial charge is 0.375 e. The number of imidazole rings is 1. The summed E-state index contributed by atoms with van der Waals surface area (Å²) >= 11 is 1.44. The number of nitrogens with zero attached hydrogens (tertiary/aromatic N) is 4. The fourth-order valence-electron chi connectivity index (χ4n) is 1.76. The molecule has 0 unspecified atom stereocenters. The second-order valence-corrected chi connectivity index (χ2v) is 4.50. The zero-order valence-electron chi connectivity index (χ0n) is 8.85. The molecule has 0 amide bonds. The van der Waals surface area contributed by atoms with Crippen LogP contribution in [0.5, 0.6) is 0 Å². The summed E-state index contributed by atoms with van der Waals surface area (Å²) in [4.78, 5) is 12.9. The first-order chi connectivity index (χ1) is 7.70. The molecule has 0 saturated carbocycles. The Morgan fingerprint density at radius 1 is 1.44 bits per heavy atom. The van der Waals surface area contributed by atoms with Gasteiger partial charge in [-0.05, 0) is 0 Å². The predicted molar refractivity (Wildman–Crippen MR) is 65.6 cm³/mol. The van der Waals surface area contributed by atoms with E-state index >= 15 is 0 Å². The van der Waals surface area contributed by atoms with Gasteiger partial charge in [0.1, 0.15) is 10.2 Å². The Morgan fingerprint density at radius 2 is 2.25 bits per heavy atom. The van der Waals surface area contributed by atoms with E-state index in [4.69, 9.17) is 5.73 Å². The van der Waals surface area contributed by atoms with Crippen molar-refractivity contribution in [3.63, 3.8) is 0 Å². The third kappa shape index (κ3) is 1.09. The van der Waals surface area contributed by atoms with Gasteiger partial charge >= 0.3 is 0 Å². The monoisotopic (exact) mass is 234 g/mol. The van der Waals surface area contributed by atoms with E-state index < -0.39 is 0 Å². The summed E-state index contributed by atoms with van der Waals surface area (Å²) in [6.45, 7) is 0. The van der Waals surface area contributed by atoms with Gasteiger partial charge in [-0.15, -0.1) is 0 Å². The predicted octanol–water partition coefficient (Wildman–Crippen LogP) is 1.20. The fraction of sp³-hybridized carbons (Fsp3) is 0.222. The summed E-state index contributed by atoms with van der Waals surface area (Å²) < 4.78 is 2.93. The van der Waals surface area contributed by atoms with Crippen molar-refractivity contribution in [1.29, 1.82) is 0 Å². The molecule has 0 fully saturated rings. The van der Waals surface area contributed by atoms with Gasteiger partial charge in [-0.2, -0.15) is 0 Å². The van der Waals surface area contributed by atoms with E-state index in [1.165, 1.54) is 11.3 Å². The van der Waals surface area contributed by atoms with Crippen LogP contribution in [0.1, 0.15) is 0 Å². The number of anilines is 2. The molecule has 16 heavy (non-hydrogen) atoms. The minimum absolute atomic E-state index is 0.526. The average Bonchev–Trinajstić information content (AvgIpc) is 2.80. The van der Waals surface area contributed by atoms with Crippen LogP contribution in [0.15, 0.2) is 6.33 Å². The third-order valence-electron chi connectivity index (χ3n) is 2.46. The lowest BCUT2D eigenvalue weighted by atomic mass is 10.3. The fourth-order valence-corrected chi connectivity index (χ4v) is 2.62. The van der Waals surface area contributed by atoms with E-state index in [-0.39, 0.29) is 0 Å². The van der Waals surface area contributed by atoms with E-state index in [1.54, 1.807) is 6.33 Å². The quantitative estimate of drug-likeness (QED) is 0.661. The first-order valence-corrected chi connectivity index (χ1v) is 5.57. The van der Waals surface area contributed by atoms with Gasteiger partial charge in [0.2, 0.25) is 0 Å². The number of nitrogen functional groups attached to an aromatic ring is 1. The number of pyridine rings is 1. The molecular weight excluding hydrogens is 224 g/mol. The van der Waals surface area contributed by atoms with Crippen molar-refractivity contribution >= 4 is 43.7 Å². The molecule has 0 aliphatic carbocycles. The van der Waals surface area contributed by atoms with Crippen molar-refractivity contribution in [2.24, 2.45) is 7.05 Å². The van der Waals surface area contributed by atoms with Crippen LogP contribution in [0.2, 0.25) is 0 Å². The van der Waals surface area contributed by atoms with E-state index in [0.29, 0.717) is 10.8 Å². The van der Waals surface area contributed by atoms with E-state index in [1.807, 2.05) is 18.7 Å². The number of fused-ring (bicyclic) bond motifs is 3. The van der Waals surface area contributed by atoms with Gasteiger partial charge in [0.25, 0.3) is 0 Å². The van der Waals surface area contributed by atoms with Gasteiger partial charge in [-0.3, -0.25) is 0 Å². The summed E-state index contributed by atoms with van der Waals surface area (Å²) in [5.74, 6) is 0.730. The Morgan fingerprint density at radius 3 is 3.00 bits per heavy atom. The van der Waals surface area contributed by atoms with Crippen LogP contribution >= 0.6 is 11.3 Å². The molecule has 3 heterocycles. The first-order valence-electron chi connectivity index (χ1n) is 4.75. The lowest BCUT2D eigenvalue weighted by molar-refractivity contribution is 0.951. The molecule has 0 aliphatic rings. The Bertz CT molecular complexity index is 682. The molecule has 3 aromatic rings. The molecule has 0 bridgehead atoms.